The smallest absolute Gasteiger partial charge is 0.304 e. The summed E-state index contributed by atoms with van der Waals surface area (Å²) in [5.74, 6) is -0.631. The lowest BCUT2D eigenvalue weighted by molar-refractivity contribution is -0.144. The molecule has 0 aliphatic heterocycles. The van der Waals surface area contributed by atoms with Crippen LogP contribution in [0.4, 0.5) is 5.82 Å². The number of aryl methyl sites for hydroxylation is 1. The summed E-state index contributed by atoms with van der Waals surface area (Å²) in [7, 11) is 3.48. The molecule has 0 bridgehead atoms. The van der Waals surface area contributed by atoms with Gasteiger partial charge in [0.05, 0.1) is 18.2 Å². The lowest BCUT2D eigenvalue weighted by atomic mass is 9.80. The largest absolute Gasteiger partial charge is 0.481 e. The van der Waals surface area contributed by atoms with Gasteiger partial charge >= 0.3 is 5.97 Å². The van der Waals surface area contributed by atoms with Gasteiger partial charge in [0.2, 0.25) is 5.91 Å². The van der Waals surface area contributed by atoms with Crippen LogP contribution in [0.25, 0.3) is 0 Å². The number of imidazole rings is 1. The predicted octanol–water partition coefficient (Wildman–Crippen LogP) is 1.64. The summed E-state index contributed by atoms with van der Waals surface area (Å²) in [5, 5.41) is 9.33. The third kappa shape index (κ3) is 2.72. The Bertz CT molecular complexity index is 741. The van der Waals surface area contributed by atoms with E-state index >= 15 is 0 Å². The molecule has 2 aromatic rings. The molecule has 0 unspecified atom stereocenters. The number of benzene rings is 1. The minimum Gasteiger partial charge on any atom is -0.481 e. The molecule has 1 aromatic heterocycles. The molecule has 6 heteroatoms. The second-order valence-electron chi connectivity index (χ2n) is 6.23. The van der Waals surface area contributed by atoms with Crippen LogP contribution in [0.3, 0.4) is 0 Å². The molecule has 1 aliphatic rings. The Labute approximate surface area is 134 Å². The molecule has 0 spiro atoms. The molecular formula is C17H19N3O3. The van der Waals surface area contributed by atoms with Crippen molar-refractivity contribution in [2.24, 2.45) is 12.5 Å². The van der Waals surface area contributed by atoms with E-state index in [1.165, 1.54) is 4.90 Å². The van der Waals surface area contributed by atoms with Gasteiger partial charge in [-0.1, -0.05) is 24.3 Å². The van der Waals surface area contributed by atoms with E-state index in [-0.39, 0.29) is 12.3 Å². The van der Waals surface area contributed by atoms with Gasteiger partial charge in [0, 0.05) is 20.3 Å². The van der Waals surface area contributed by atoms with Crippen molar-refractivity contribution < 1.29 is 14.7 Å². The summed E-state index contributed by atoms with van der Waals surface area (Å²) in [4.78, 5) is 30.1. The minimum absolute atomic E-state index is 0.183. The van der Waals surface area contributed by atoms with Crippen LogP contribution < -0.4 is 4.90 Å². The summed E-state index contributed by atoms with van der Waals surface area (Å²) in [6.07, 6.45) is 4.08. The van der Waals surface area contributed by atoms with E-state index in [0.717, 1.165) is 11.1 Å². The van der Waals surface area contributed by atoms with Crippen LogP contribution in [0, 0.1) is 5.41 Å². The molecule has 0 saturated heterocycles. The Kier molecular flexibility index (Phi) is 3.67. The quantitative estimate of drug-likeness (QED) is 0.931. The Morgan fingerprint density at radius 2 is 1.91 bits per heavy atom. The maximum Gasteiger partial charge on any atom is 0.304 e. The van der Waals surface area contributed by atoms with E-state index in [1.807, 2.05) is 31.3 Å². The Morgan fingerprint density at radius 3 is 2.39 bits per heavy atom. The van der Waals surface area contributed by atoms with Crippen molar-refractivity contribution in [3.63, 3.8) is 0 Å². The number of hydrogen-bond acceptors (Lipinski definition) is 3. The molecule has 1 heterocycles. The number of carboxylic acid groups (broad SMARTS) is 1. The van der Waals surface area contributed by atoms with E-state index < -0.39 is 11.4 Å². The Balaban J connectivity index is 1.94. The van der Waals surface area contributed by atoms with E-state index in [0.29, 0.717) is 18.7 Å². The fourth-order valence-electron chi connectivity index (χ4n) is 3.37. The second-order valence-corrected chi connectivity index (χ2v) is 6.23. The van der Waals surface area contributed by atoms with Crippen molar-refractivity contribution in [2.75, 3.05) is 11.9 Å². The number of fused-ring (bicyclic) bond motifs is 1. The van der Waals surface area contributed by atoms with Crippen LogP contribution in [-0.4, -0.2) is 33.6 Å². The van der Waals surface area contributed by atoms with Crippen molar-refractivity contribution in [1.82, 2.24) is 9.55 Å². The summed E-state index contributed by atoms with van der Waals surface area (Å²) >= 11 is 0. The van der Waals surface area contributed by atoms with E-state index in [4.69, 9.17) is 0 Å². The number of amides is 1. The summed E-state index contributed by atoms with van der Waals surface area (Å²) in [6, 6.07) is 7.77. The average molecular weight is 313 g/mol. The van der Waals surface area contributed by atoms with Crippen LogP contribution in [0.15, 0.2) is 36.8 Å². The molecule has 1 aromatic carbocycles. The fraction of sp³-hybridized carbons (Fsp3) is 0.353. The van der Waals surface area contributed by atoms with Gasteiger partial charge in [0.15, 0.2) is 5.82 Å². The average Bonchev–Trinajstić information content (AvgIpc) is 3.08. The molecule has 0 atom stereocenters. The lowest BCUT2D eigenvalue weighted by Gasteiger charge is -2.30. The molecule has 1 N–H and O–H groups in total. The third-order valence-corrected chi connectivity index (χ3v) is 4.46. The van der Waals surface area contributed by atoms with Crippen LogP contribution in [0.5, 0.6) is 0 Å². The molecule has 1 aliphatic carbocycles. The predicted molar refractivity (Wildman–Crippen MR) is 85.2 cm³/mol. The van der Waals surface area contributed by atoms with Gasteiger partial charge in [-0.05, 0) is 24.0 Å². The van der Waals surface area contributed by atoms with Gasteiger partial charge in [0.25, 0.3) is 0 Å². The zero-order chi connectivity index (χ0) is 16.6. The standard InChI is InChI=1S/C17H19N3O3/c1-19-10-14(18-11-19)20(2)16(23)17(9-15(21)22)7-12-5-3-4-6-13(12)8-17/h3-6,10-11H,7-9H2,1-2H3,(H,21,22). The van der Waals surface area contributed by atoms with Crippen molar-refractivity contribution in [2.45, 2.75) is 19.3 Å². The maximum atomic E-state index is 13.1. The molecule has 0 saturated carbocycles. The number of rotatable bonds is 4. The molecule has 3 rings (SSSR count). The van der Waals surface area contributed by atoms with Gasteiger partial charge in [0.1, 0.15) is 0 Å². The van der Waals surface area contributed by atoms with Gasteiger partial charge in [-0.15, -0.1) is 0 Å². The first kappa shape index (κ1) is 15.3. The molecule has 23 heavy (non-hydrogen) atoms. The number of nitrogens with zero attached hydrogens (tertiary/aromatic N) is 3. The topological polar surface area (TPSA) is 75.4 Å². The zero-order valence-corrected chi connectivity index (χ0v) is 13.2. The van der Waals surface area contributed by atoms with Crippen LogP contribution in [-0.2, 0) is 29.5 Å². The zero-order valence-electron chi connectivity index (χ0n) is 13.2. The highest BCUT2D eigenvalue weighted by Gasteiger charge is 2.47. The Hall–Kier alpha value is -2.63. The van der Waals surface area contributed by atoms with E-state index in [9.17, 15) is 14.7 Å². The second kappa shape index (κ2) is 5.53. The highest BCUT2D eigenvalue weighted by Crippen LogP contribution is 2.41. The summed E-state index contributed by atoms with van der Waals surface area (Å²) in [6.45, 7) is 0. The van der Waals surface area contributed by atoms with Gasteiger partial charge in [-0.3, -0.25) is 14.5 Å². The fourth-order valence-corrected chi connectivity index (χ4v) is 3.37. The molecule has 1 amide bonds. The monoisotopic (exact) mass is 313 g/mol. The number of carbonyl (C=O) groups excluding carboxylic acids is 1. The SMILES string of the molecule is CN(C(=O)C1(CC(=O)O)Cc2ccccc2C1)c1cn(C)cn1. The van der Waals surface area contributed by atoms with Crippen molar-refractivity contribution >= 4 is 17.7 Å². The van der Waals surface area contributed by atoms with Crippen LogP contribution in [0.1, 0.15) is 17.5 Å². The first-order valence-corrected chi connectivity index (χ1v) is 7.46. The first-order valence-electron chi connectivity index (χ1n) is 7.46. The van der Waals surface area contributed by atoms with Crippen molar-refractivity contribution in [3.05, 3.63) is 47.9 Å². The molecule has 0 radical (unpaired) electrons. The first-order chi connectivity index (χ1) is 10.9. The summed E-state index contributed by atoms with van der Waals surface area (Å²) < 4.78 is 1.76. The Morgan fingerprint density at radius 1 is 1.30 bits per heavy atom. The lowest BCUT2D eigenvalue weighted by Crippen LogP contribution is -2.44. The maximum absolute atomic E-state index is 13.1. The number of hydrogen-bond donors (Lipinski definition) is 1. The molecule has 120 valence electrons. The number of aromatic nitrogens is 2. The molecular weight excluding hydrogens is 294 g/mol. The minimum atomic E-state index is -0.958. The van der Waals surface area contributed by atoms with Gasteiger partial charge < -0.3 is 9.67 Å². The third-order valence-electron chi connectivity index (χ3n) is 4.46. The van der Waals surface area contributed by atoms with Crippen molar-refractivity contribution in [3.8, 4) is 0 Å². The van der Waals surface area contributed by atoms with Crippen molar-refractivity contribution in [1.29, 1.82) is 0 Å². The number of aliphatic carboxylic acids is 1. The number of carboxylic acids is 1. The normalized spacial score (nSPS) is 15.2. The van der Waals surface area contributed by atoms with E-state index in [2.05, 4.69) is 4.98 Å². The van der Waals surface area contributed by atoms with Crippen LogP contribution >= 0.6 is 0 Å². The number of anilines is 1. The molecule has 0 fully saturated rings. The van der Waals surface area contributed by atoms with Crippen LogP contribution in [0.2, 0.25) is 0 Å². The van der Waals surface area contributed by atoms with Gasteiger partial charge in [-0.25, -0.2) is 4.98 Å². The molecule has 6 nitrogen and oxygen atoms in total. The summed E-state index contributed by atoms with van der Waals surface area (Å²) in [5.41, 5.74) is 1.16. The van der Waals surface area contributed by atoms with E-state index in [1.54, 1.807) is 24.1 Å². The number of carbonyl (C=O) groups is 2. The van der Waals surface area contributed by atoms with Gasteiger partial charge in [-0.2, -0.15) is 0 Å². The highest BCUT2D eigenvalue weighted by molar-refractivity contribution is 5.99. The highest BCUT2D eigenvalue weighted by atomic mass is 16.4.